The normalized spacial score (nSPS) is 11.6. The highest BCUT2D eigenvalue weighted by atomic mass is 32.2. The minimum Gasteiger partial charge on any atom is -0.495 e. The standard InChI is InChI=1S/C23H25N3O4S2/c1-16-4-8-18(9-5-16)23-26-19(15-31-23)12-13-25-22(27)11-7-17-6-10-20(30-3)21(14-17)32(28,29)24-2/h4-11,14-15,24H,12-13H2,1-3H3,(H,25,27)/b11-7+. The van der Waals surface area contributed by atoms with Gasteiger partial charge in [0.15, 0.2) is 0 Å². The third-order valence-electron chi connectivity index (χ3n) is 4.70. The molecular weight excluding hydrogens is 446 g/mol. The average molecular weight is 472 g/mol. The fourth-order valence-corrected chi connectivity index (χ4v) is 4.70. The van der Waals surface area contributed by atoms with Crippen LogP contribution in [0.3, 0.4) is 0 Å². The number of hydrogen-bond donors (Lipinski definition) is 2. The molecule has 3 aromatic rings. The number of methoxy groups -OCH3 is 1. The first-order valence-corrected chi connectivity index (χ1v) is 12.3. The Bertz CT molecular complexity index is 1220. The smallest absolute Gasteiger partial charge is 0.244 e. The summed E-state index contributed by atoms with van der Waals surface area (Å²) < 4.78 is 31.7. The molecule has 0 saturated carbocycles. The molecular formula is C23H25N3O4S2. The molecule has 0 aliphatic rings. The molecule has 0 aliphatic carbocycles. The Labute approximate surface area is 192 Å². The first-order valence-electron chi connectivity index (χ1n) is 9.91. The third kappa shape index (κ3) is 6.03. The van der Waals surface area contributed by atoms with E-state index >= 15 is 0 Å². The Balaban J connectivity index is 1.56. The van der Waals surface area contributed by atoms with Crippen molar-refractivity contribution in [3.8, 4) is 16.3 Å². The van der Waals surface area contributed by atoms with Crippen LogP contribution in [0.25, 0.3) is 16.6 Å². The summed E-state index contributed by atoms with van der Waals surface area (Å²) in [5.74, 6) is -0.0398. The number of aryl methyl sites for hydroxylation is 1. The number of rotatable bonds is 9. The van der Waals surface area contributed by atoms with Crippen molar-refractivity contribution in [2.75, 3.05) is 20.7 Å². The largest absolute Gasteiger partial charge is 0.495 e. The fourth-order valence-electron chi connectivity index (χ4n) is 2.91. The van der Waals surface area contributed by atoms with Crippen molar-refractivity contribution in [1.82, 2.24) is 15.0 Å². The van der Waals surface area contributed by atoms with Gasteiger partial charge in [-0.1, -0.05) is 35.9 Å². The van der Waals surface area contributed by atoms with Crippen molar-refractivity contribution < 1.29 is 17.9 Å². The summed E-state index contributed by atoms with van der Waals surface area (Å²) >= 11 is 1.58. The topological polar surface area (TPSA) is 97.4 Å². The molecule has 7 nitrogen and oxygen atoms in total. The Kier molecular flexibility index (Phi) is 7.79. The Morgan fingerprint density at radius 2 is 1.94 bits per heavy atom. The summed E-state index contributed by atoms with van der Waals surface area (Å²) in [5, 5.41) is 5.77. The SMILES string of the molecule is CNS(=O)(=O)c1cc(/C=C/C(=O)NCCc2csc(-c3ccc(C)cc3)n2)ccc1OC. The number of carbonyl (C=O) groups is 1. The number of sulfonamides is 1. The molecule has 1 amide bonds. The number of thiazole rings is 1. The number of amides is 1. The van der Waals surface area contributed by atoms with Crippen molar-refractivity contribution >= 4 is 33.3 Å². The number of benzene rings is 2. The van der Waals surface area contributed by atoms with Crippen LogP contribution in [0.2, 0.25) is 0 Å². The zero-order chi connectivity index (χ0) is 23.1. The van der Waals surface area contributed by atoms with E-state index in [1.54, 1.807) is 29.5 Å². The summed E-state index contributed by atoms with van der Waals surface area (Å²) in [6, 6.07) is 12.9. The maximum Gasteiger partial charge on any atom is 0.244 e. The van der Waals surface area contributed by atoms with Crippen LogP contribution >= 0.6 is 11.3 Å². The first kappa shape index (κ1) is 23.6. The Hall–Kier alpha value is -3.01. The molecule has 0 aliphatic heterocycles. The van der Waals surface area contributed by atoms with Gasteiger partial charge in [0.2, 0.25) is 15.9 Å². The van der Waals surface area contributed by atoms with Gasteiger partial charge in [0.25, 0.3) is 0 Å². The van der Waals surface area contributed by atoms with E-state index in [1.165, 1.54) is 31.9 Å². The predicted molar refractivity (Wildman–Crippen MR) is 127 cm³/mol. The van der Waals surface area contributed by atoms with Crippen LogP contribution < -0.4 is 14.8 Å². The second-order valence-corrected chi connectivity index (χ2v) is 9.72. The highest BCUT2D eigenvalue weighted by Gasteiger charge is 2.17. The first-order chi connectivity index (χ1) is 15.3. The lowest BCUT2D eigenvalue weighted by atomic mass is 10.2. The van der Waals surface area contributed by atoms with E-state index in [9.17, 15) is 13.2 Å². The molecule has 1 heterocycles. The molecule has 0 bridgehead atoms. The van der Waals surface area contributed by atoms with Gasteiger partial charge in [-0.2, -0.15) is 0 Å². The second kappa shape index (κ2) is 10.5. The van der Waals surface area contributed by atoms with Crippen LogP contribution in [0.15, 0.2) is 58.8 Å². The van der Waals surface area contributed by atoms with E-state index in [0.29, 0.717) is 18.5 Å². The molecule has 2 N–H and O–H groups in total. The molecule has 0 saturated heterocycles. The molecule has 32 heavy (non-hydrogen) atoms. The van der Waals surface area contributed by atoms with Crippen molar-refractivity contribution in [1.29, 1.82) is 0 Å². The lowest BCUT2D eigenvalue weighted by Gasteiger charge is -2.09. The minimum absolute atomic E-state index is 0.0120. The zero-order valence-electron chi connectivity index (χ0n) is 18.1. The number of ether oxygens (including phenoxy) is 1. The monoisotopic (exact) mass is 471 g/mol. The second-order valence-electron chi connectivity index (χ2n) is 7.00. The highest BCUT2D eigenvalue weighted by molar-refractivity contribution is 7.89. The van der Waals surface area contributed by atoms with E-state index in [0.717, 1.165) is 16.3 Å². The third-order valence-corrected chi connectivity index (χ3v) is 7.08. The predicted octanol–water partition coefficient (Wildman–Crippen LogP) is 3.41. The van der Waals surface area contributed by atoms with Crippen LogP contribution in [0.5, 0.6) is 5.75 Å². The van der Waals surface area contributed by atoms with Gasteiger partial charge in [0.1, 0.15) is 15.7 Å². The maximum absolute atomic E-state index is 12.2. The van der Waals surface area contributed by atoms with Crippen LogP contribution in [-0.4, -0.2) is 40.0 Å². The van der Waals surface area contributed by atoms with Gasteiger partial charge < -0.3 is 10.1 Å². The van der Waals surface area contributed by atoms with E-state index in [1.807, 2.05) is 12.3 Å². The highest BCUT2D eigenvalue weighted by Crippen LogP contribution is 2.25. The van der Waals surface area contributed by atoms with Crippen LogP contribution in [0, 0.1) is 6.92 Å². The van der Waals surface area contributed by atoms with Crippen molar-refractivity contribution in [2.45, 2.75) is 18.2 Å². The quantitative estimate of drug-likeness (QED) is 0.466. The number of aromatic nitrogens is 1. The minimum atomic E-state index is -3.68. The molecule has 0 spiro atoms. The molecule has 168 valence electrons. The molecule has 0 atom stereocenters. The molecule has 1 aromatic heterocycles. The fraction of sp³-hybridized carbons (Fsp3) is 0.217. The summed E-state index contributed by atoms with van der Waals surface area (Å²) in [6.45, 7) is 2.49. The maximum atomic E-state index is 12.2. The van der Waals surface area contributed by atoms with Gasteiger partial charge >= 0.3 is 0 Å². The lowest BCUT2D eigenvalue weighted by Crippen LogP contribution is -2.23. The summed E-state index contributed by atoms with van der Waals surface area (Å²) in [6.07, 6.45) is 3.55. The van der Waals surface area contributed by atoms with Crippen LogP contribution in [-0.2, 0) is 21.2 Å². The Morgan fingerprint density at radius 1 is 1.19 bits per heavy atom. The van der Waals surface area contributed by atoms with Crippen molar-refractivity contribution in [3.05, 3.63) is 70.7 Å². The van der Waals surface area contributed by atoms with Crippen molar-refractivity contribution in [2.24, 2.45) is 0 Å². The molecule has 9 heteroatoms. The van der Waals surface area contributed by atoms with Gasteiger partial charge in [-0.15, -0.1) is 11.3 Å². The lowest BCUT2D eigenvalue weighted by molar-refractivity contribution is -0.116. The number of hydrogen-bond acceptors (Lipinski definition) is 6. The van der Waals surface area contributed by atoms with Gasteiger partial charge in [0, 0.05) is 30.0 Å². The number of nitrogens with one attached hydrogen (secondary N) is 2. The molecule has 0 radical (unpaired) electrons. The van der Waals surface area contributed by atoms with Gasteiger partial charge in [-0.3, -0.25) is 4.79 Å². The van der Waals surface area contributed by atoms with E-state index in [-0.39, 0.29) is 16.6 Å². The number of carbonyl (C=O) groups excluding carboxylic acids is 1. The van der Waals surface area contributed by atoms with Gasteiger partial charge in [0.05, 0.1) is 12.8 Å². The number of nitrogens with zero attached hydrogens (tertiary/aromatic N) is 1. The Morgan fingerprint density at radius 3 is 2.62 bits per heavy atom. The average Bonchev–Trinajstić information content (AvgIpc) is 3.27. The summed E-state index contributed by atoms with van der Waals surface area (Å²) in [7, 11) is -0.951. The van der Waals surface area contributed by atoms with Gasteiger partial charge in [-0.05, 0) is 37.7 Å². The zero-order valence-corrected chi connectivity index (χ0v) is 19.7. The van der Waals surface area contributed by atoms with E-state index < -0.39 is 10.0 Å². The van der Waals surface area contributed by atoms with Crippen LogP contribution in [0.1, 0.15) is 16.8 Å². The van der Waals surface area contributed by atoms with Crippen LogP contribution in [0.4, 0.5) is 0 Å². The van der Waals surface area contributed by atoms with Crippen molar-refractivity contribution in [3.63, 3.8) is 0 Å². The summed E-state index contributed by atoms with van der Waals surface area (Å²) in [5.41, 5.74) is 3.78. The molecule has 3 rings (SSSR count). The molecule has 0 unspecified atom stereocenters. The van der Waals surface area contributed by atoms with E-state index in [2.05, 4.69) is 39.3 Å². The van der Waals surface area contributed by atoms with E-state index in [4.69, 9.17) is 4.74 Å². The van der Waals surface area contributed by atoms with Gasteiger partial charge in [-0.25, -0.2) is 18.1 Å². The molecule has 0 fully saturated rings. The molecule has 2 aromatic carbocycles. The summed E-state index contributed by atoms with van der Waals surface area (Å²) in [4.78, 5) is 16.8.